The van der Waals surface area contributed by atoms with E-state index in [1.807, 2.05) is 18.2 Å². The number of halogens is 2. The van der Waals surface area contributed by atoms with Crippen molar-refractivity contribution in [3.05, 3.63) is 52.9 Å². The van der Waals surface area contributed by atoms with E-state index in [0.29, 0.717) is 23.5 Å². The molecule has 0 spiro atoms. The Bertz CT molecular complexity index is 537. The minimum Gasteiger partial charge on any atom is -0.203 e. The molecule has 2 heteroatoms. The molecule has 1 atom stereocenters. The average molecular weight is 304 g/mol. The fourth-order valence-corrected chi connectivity index (χ4v) is 3.13. The third kappa shape index (κ3) is 4.28. The summed E-state index contributed by atoms with van der Waals surface area (Å²) in [6.45, 7) is 4.27. The normalized spacial score (nSPS) is 19.6. The molecule has 0 nitrogen and oxygen atoms in total. The van der Waals surface area contributed by atoms with E-state index in [9.17, 15) is 8.78 Å². The highest BCUT2D eigenvalue weighted by Crippen LogP contribution is 2.35. The predicted molar refractivity (Wildman–Crippen MR) is 89.9 cm³/mol. The van der Waals surface area contributed by atoms with Crippen LogP contribution in [0.2, 0.25) is 0 Å². The van der Waals surface area contributed by atoms with Crippen molar-refractivity contribution >= 4 is 5.83 Å². The van der Waals surface area contributed by atoms with Crippen LogP contribution >= 0.6 is 0 Å². The third-order valence-electron chi connectivity index (χ3n) is 4.44. The highest BCUT2D eigenvalue weighted by atomic mass is 19.2. The predicted octanol–water partition coefficient (Wildman–Crippen LogP) is 6.77. The van der Waals surface area contributed by atoms with Gasteiger partial charge in [0.1, 0.15) is 0 Å². The van der Waals surface area contributed by atoms with Gasteiger partial charge in [-0.3, -0.25) is 0 Å². The van der Waals surface area contributed by atoms with E-state index in [2.05, 4.69) is 13.8 Å². The summed E-state index contributed by atoms with van der Waals surface area (Å²) < 4.78 is 28.7. The summed E-state index contributed by atoms with van der Waals surface area (Å²) in [6.07, 6.45) is 8.74. The van der Waals surface area contributed by atoms with Crippen LogP contribution in [-0.2, 0) is 6.42 Å². The Labute approximate surface area is 132 Å². The van der Waals surface area contributed by atoms with Crippen molar-refractivity contribution in [2.24, 2.45) is 5.92 Å². The Morgan fingerprint density at radius 2 is 1.77 bits per heavy atom. The van der Waals surface area contributed by atoms with Crippen LogP contribution in [0.25, 0.3) is 5.83 Å². The quantitative estimate of drug-likeness (QED) is 0.543. The van der Waals surface area contributed by atoms with Crippen molar-refractivity contribution in [3.8, 4) is 0 Å². The molecule has 0 heterocycles. The average Bonchev–Trinajstić information content (AvgIpc) is 2.55. The molecule has 120 valence electrons. The molecule has 1 aliphatic rings. The van der Waals surface area contributed by atoms with E-state index < -0.39 is 11.7 Å². The van der Waals surface area contributed by atoms with Gasteiger partial charge in [-0.25, -0.2) is 8.78 Å². The second kappa shape index (κ2) is 8.26. The zero-order valence-corrected chi connectivity index (χ0v) is 13.7. The highest BCUT2D eigenvalue weighted by molar-refractivity contribution is 5.65. The number of rotatable bonds is 6. The summed E-state index contributed by atoms with van der Waals surface area (Å²) in [4.78, 5) is 0. The molecule has 0 saturated carbocycles. The second-order valence-electron chi connectivity index (χ2n) is 6.23. The van der Waals surface area contributed by atoms with Gasteiger partial charge < -0.3 is 0 Å². The number of benzene rings is 1. The minimum atomic E-state index is -0.719. The Morgan fingerprint density at radius 1 is 1.05 bits per heavy atom. The minimum absolute atomic E-state index is 0.342. The SMILES string of the molecule is CCCc1ccc(/C(F)=C(\F)C2=CCC(CCC)CC2)cc1. The van der Waals surface area contributed by atoms with E-state index in [0.717, 1.165) is 32.1 Å². The van der Waals surface area contributed by atoms with Gasteiger partial charge in [-0.05, 0) is 42.7 Å². The molecule has 0 aliphatic heterocycles. The molecule has 0 aromatic heterocycles. The van der Waals surface area contributed by atoms with Crippen molar-refractivity contribution in [1.29, 1.82) is 0 Å². The molecule has 1 unspecified atom stereocenters. The van der Waals surface area contributed by atoms with Crippen molar-refractivity contribution in [1.82, 2.24) is 0 Å². The smallest absolute Gasteiger partial charge is 0.166 e. The van der Waals surface area contributed by atoms with Crippen LogP contribution in [-0.4, -0.2) is 0 Å². The van der Waals surface area contributed by atoms with Crippen molar-refractivity contribution in [2.45, 2.75) is 58.8 Å². The lowest BCUT2D eigenvalue weighted by Crippen LogP contribution is -2.06. The Kier molecular flexibility index (Phi) is 6.35. The zero-order chi connectivity index (χ0) is 15.9. The van der Waals surface area contributed by atoms with Gasteiger partial charge in [0, 0.05) is 5.56 Å². The summed E-state index contributed by atoms with van der Waals surface area (Å²) in [5, 5.41) is 0. The Balaban J connectivity index is 2.11. The topological polar surface area (TPSA) is 0 Å². The fraction of sp³-hybridized carbons (Fsp3) is 0.500. The zero-order valence-electron chi connectivity index (χ0n) is 13.7. The maximum absolute atomic E-state index is 14.4. The molecule has 0 radical (unpaired) electrons. The molecule has 1 aromatic rings. The molecule has 0 saturated heterocycles. The van der Waals surface area contributed by atoms with E-state index >= 15 is 0 Å². The lowest BCUT2D eigenvalue weighted by atomic mass is 9.86. The maximum Gasteiger partial charge on any atom is 0.166 e. The van der Waals surface area contributed by atoms with Gasteiger partial charge in [-0.1, -0.05) is 63.5 Å². The molecule has 1 aliphatic carbocycles. The van der Waals surface area contributed by atoms with Crippen LogP contribution in [0.4, 0.5) is 8.78 Å². The van der Waals surface area contributed by atoms with Gasteiger partial charge in [0.2, 0.25) is 0 Å². The van der Waals surface area contributed by atoms with Gasteiger partial charge in [0.15, 0.2) is 11.7 Å². The van der Waals surface area contributed by atoms with Crippen LogP contribution < -0.4 is 0 Å². The van der Waals surface area contributed by atoms with Crippen LogP contribution in [0, 0.1) is 5.92 Å². The molecule has 2 rings (SSSR count). The first-order chi connectivity index (χ1) is 10.7. The van der Waals surface area contributed by atoms with Crippen LogP contribution in [0.3, 0.4) is 0 Å². The third-order valence-corrected chi connectivity index (χ3v) is 4.44. The number of allylic oxidation sites excluding steroid dienone is 3. The molecular formula is C20H26F2. The molecule has 0 amide bonds. The van der Waals surface area contributed by atoms with Crippen LogP contribution in [0.5, 0.6) is 0 Å². The lowest BCUT2D eigenvalue weighted by Gasteiger charge is -2.20. The second-order valence-corrected chi connectivity index (χ2v) is 6.23. The van der Waals surface area contributed by atoms with Gasteiger partial charge >= 0.3 is 0 Å². The maximum atomic E-state index is 14.4. The van der Waals surface area contributed by atoms with E-state index in [-0.39, 0.29) is 0 Å². The van der Waals surface area contributed by atoms with Crippen molar-refractivity contribution < 1.29 is 8.78 Å². The summed E-state index contributed by atoms with van der Waals surface area (Å²) in [7, 11) is 0. The molecule has 1 aromatic carbocycles. The monoisotopic (exact) mass is 304 g/mol. The summed E-state index contributed by atoms with van der Waals surface area (Å²) in [5.41, 5.74) is 2.05. The van der Waals surface area contributed by atoms with E-state index in [4.69, 9.17) is 0 Å². The standard InChI is InChI=1S/C20H26F2/c1-3-5-15-7-11-17(12-8-15)19(21)20(22)18-13-9-16(6-4-2)10-14-18/h7-8,11-13,16H,3-6,9-10,14H2,1-2H3/b20-19+. The van der Waals surface area contributed by atoms with Crippen molar-refractivity contribution in [2.75, 3.05) is 0 Å². The van der Waals surface area contributed by atoms with E-state index in [1.54, 1.807) is 12.1 Å². The van der Waals surface area contributed by atoms with E-state index in [1.165, 1.54) is 12.0 Å². The number of aryl methyl sites for hydroxylation is 1. The van der Waals surface area contributed by atoms with Gasteiger partial charge in [0.25, 0.3) is 0 Å². The first-order valence-corrected chi connectivity index (χ1v) is 8.49. The molecular weight excluding hydrogens is 278 g/mol. The molecule has 0 fully saturated rings. The summed E-state index contributed by atoms with van der Waals surface area (Å²) in [6, 6.07) is 7.14. The molecule has 0 N–H and O–H groups in total. The molecule has 22 heavy (non-hydrogen) atoms. The number of hydrogen-bond donors (Lipinski definition) is 0. The lowest BCUT2D eigenvalue weighted by molar-refractivity contribution is 0.427. The summed E-state index contributed by atoms with van der Waals surface area (Å²) >= 11 is 0. The van der Waals surface area contributed by atoms with Crippen LogP contribution in [0.1, 0.15) is 63.5 Å². The van der Waals surface area contributed by atoms with Gasteiger partial charge in [-0.2, -0.15) is 0 Å². The summed E-state index contributed by atoms with van der Waals surface area (Å²) in [5.74, 6) is -0.751. The van der Waals surface area contributed by atoms with Gasteiger partial charge in [0.05, 0.1) is 0 Å². The number of hydrogen-bond acceptors (Lipinski definition) is 0. The molecule has 0 bridgehead atoms. The van der Waals surface area contributed by atoms with Gasteiger partial charge in [-0.15, -0.1) is 0 Å². The Morgan fingerprint density at radius 3 is 2.32 bits per heavy atom. The highest BCUT2D eigenvalue weighted by Gasteiger charge is 2.19. The van der Waals surface area contributed by atoms with Crippen LogP contribution in [0.15, 0.2) is 41.7 Å². The first-order valence-electron chi connectivity index (χ1n) is 8.49. The largest absolute Gasteiger partial charge is 0.203 e. The fourth-order valence-electron chi connectivity index (χ4n) is 3.13. The van der Waals surface area contributed by atoms with Crippen molar-refractivity contribution in [3.63, 3.8) is 0 Å². The first kappa shape index (κ1) is 16.9. The Hall–Kier alpha value is -1.44.